The summed E-state index contributed by atoms with van der Waals surface area (Å²) < 4.78 is 13.4. The largest absolute Gasteiger partial charge is 0.999 e. The lowest BCUT2D eigenvalue weighted by Gasteiger charge is -2.31. The van der Waals surface area contributed by atoms with Crippen LogP contribution in [0.1, 0.15) is 136 Å². The first-order valence-electron chi connectivity index (χ1n) is 15.2. The van der Waals surface area contributed by atoms with Gasteiger partial charge in [-0.25, -0.2) is 0 Å². The number of hydrogen-bond donors (Lipinski definition) is 0. The van der Waals surface area contributed by atoms with E-state index in [1.54, 1.807) is 0 Å². The molecule has 1 heterocycles. The van der Waals surface area contributed by atoms with Crippen LogP contribution in [0, 0.1) is 0 Å². The van der Waals surface area contributed by atoms with Gasteiger partial charge in [0.1, 0.15) is 0 Å². The highest BCUT2D eigenvalue weighted by molar-refractivity contribution is 7.00. The van der Waals surface area contributed by atoms with Crippen molar-refractivity contribution in [3.63, 3.8) is 0 Å². The molecule has 2 aromatic carbocycles. The SMILES string of the molecule is CC(C)(C)c1cc2c(c(C(C)(C)C)c1)[O][Al]([Cl])[O]c1c(cc(C(C)(C)C)cc1C(C)(C)C)C=N[C@@H]1CCC[C@H]1N=C2. The Morgan fingerprint density at radius 2 is 0.976 bits per heavy atom. The van der Waals surface area contributed by atoms with Crippen molar-refractivity contribution in [1.29, 1.82) is 0 Å². The third-order valence-corrected chi connectivity index (χ3v) is 9.64. The molecule has 1 saturated carbocycles. The normalized spacial score (nSPS) is 20.2. The van der Waals surface area contributed by atoms with Gasteiger partial charge in [-0.15, -0.1) is 0 Å². The minimum Gasteiger partial charge on any atom is -0.599 e. The Labute approximate surface area is 258 Å². The summed E-state index contributed by atoms with van der Waals surface area (Å²) in [5, 5.41) is 0. The minimum absolute atomic E-state index is 0.0240. The topological polar surface area (TPSA) is 43.2 Å². The van der Waals surface area contributed by atoms with Crippen LogP contribution >= 0.6 is 10.0 Å². The molecular weight excluding hydrogens is 543 g/mol. The Balaban J connectivity index is 1.98. The molecule has 0 radical (unpaired) electrons. The van der Waals surface area contributed by atoms with Crippen LogP contribution in [0.5, 0.6) is 11.5 Å². The molecule has 6 heteroatoms. The molecule has 1 fully saturated rings. The van der Waals surface area contributed by atoms with E-state index in [0.29, 0.717) is 0 Å². The molecule has 222 valence electrons. The van der Waals surface area contributed by atoms with E-state index in [0.717, 1.165) is 53.0 Å². The minimum atomic E-state index is -2.73. The third-order valence-electron chi connectivity index (χ3n) is 8.26. The van der Waals surface area contributed by atoms with Crippen LogP contribution in [-0.2, 0) is 21.7 Å². The van der Waals surface area contributed by atoms with Crippen LogP contribution in [0.2, 0.25) is 0 Å². The molecule has 2 aromatic rings. The quantitative estimate of drug-likeness (QED) is 0.286. The highest BCUT2D eigenvalue weighted by Gasteiger charge is 2.38. The van der Waals surface area contributed by atoms with Gasteiger partial charge in [0.2, 0.25) is 0 Å². The molecule has 1 aliphatic carbocycles. The molecule has 0 bridgehead atoms. The zero-order valence-corrected chi connectivity index (χ0v) is 29.3. The van der Waals surface area contributed by atoms with Crippen molar-refractivity contribution in [3.8, 4) is 11.5 Å². The van der Waals surface area contributed by atoms with E-state index in [1.807, 2.05) is 12.4 Å². The number of nitrogens with zero attached hydrogens (tertiary/aromatic N) is 2. The van der Waals surface area contributed by atoms with Crippen LogP contribution in [0.25, 0.3) is 0 Å². The molecule has 4 rings (SSSR count). The van der Waals surface area contributed by atoms with Crippen molar-refractivity contribution in [2.45, 2.75) is 136 Å². The average molecular weight is 593 g/mol. The number of rotatable bonds is 0. The van der Waals surface area contributed by atoms with Gasteiger partial charge in [-0.2, -0.15) is 10.0 Å². The Kier molecular flexibility index (Phi) is 8.91. The Morgan fingerprint density at radius 3 is 1.29 bits per heavy atom. The van der Waals surface area contributed by atoms with Gasteiger partial charge in [-0.3, -0.25) is 9.98 Å². The highest BCUT2D eigenvalue weighted by Crippen LogP contribution is 2.41. The van der Waals surface area contributed by atoms with Crippen LogP contribution in [0.4, 0.5) is 0 Å². The molecule has 2 atom stereocenters. The second-order valence-corrected chi connectivity index (χ2v) is 18.1. The fourth-order valence-corrected chi connectivity index (χ4v) is 7.05. The van der Waals surface area contributed by atoms with Crippen molar-refractivity contribution < 1.29 is 7.58 Å². The van der Waals surface area contributed by atoms with Crippen LogP contribution < -0.4 is 7.58 Å². The average Bonchev–Trinajstić information content (AvgIpc) is 3.26. The summed E-state index contributed by atoms with van der Waals surface area (Å²) in [7, 11) is 7.11. The molecule has 2 aliphatic rings. The maximum absolute atomic E-state index is 7.11. The predicted molar refractivity (Wildman–Crippen MR) is 177 cm³/mol. The van der Waals surface area contributed by atoms with E-state index >= 15 is 0 Å². The standard InChI is InChI=1S/C35H52N2O2.Al.ClH/c1-32(2,3)24-16-22(30(38)26(18-24)34(7,8)9)20-36-28-14-13-15-29(28)37-21-23-17-25(33(4,5)6)19-27(31(23)39)35(10,11)12;;/h16-21,28-29,38-39H,13-15H2,1-12H3;;1H/q;+3;/p-3/t28-,29-;;/m1../s1. The van der Waals surface area contributed by atoms with Gasteiger partial charge in [0.05, 0.1) is 23.6 Å². The van der Waals surface area contributed by atoms with E-state index in [2.05, 4.69) is 107 Å². The lowest BCUT2D eigenvalue weighted by molar-refractivity contribution is 0.423. The number of fused-ring (bicyclic) bond motifs is 3. The second-order valence-electron chi connectivity index (χ2n) is 16.0. The first-order valence-corrected chi connectivity index (χ1v) is 17.9. The number of benzene rings is 2. The second kappa shape index (κ2) is 11.4. The van der Waals surface area contributed by atoms with Gasteiger partial charge in [0.15, 0.2) is 0 Å². The fourth-order valence-electron chi connectivity index (χ4n) is 5.57. The molecule has 0 amide bonds. The van der Waals surface area contributed by atoms with E-state index in [9.17, 15) is 0 Å². The number of halogens is 1. The van der Waals surface area contributed by atoms with Gasteiger partial charge >= 0.3 is 13.9 Å². The first kappa shape index (κ1) is 32.1. The summed E-state index contributed by atoms with van der Waals surface area (Å²) in [4.78, 5) is 10.3. The van der Waals surface area contributed by atoms with Crippen molar-refractivity contribution in [3.05, 3.63) is 57.6 Å². The highest BCUT2D eigenvalue weighted by atomic mass is 35.6. The zero-order chi connectivity index (χ0) is 30.5. The molecule has 1 aliphatic heterocycles. The summed E-state index contributed by atoms with van der Waals surface area (Å²) in [6.45, 7) is 26.9. The van der Waals surface area contributed by atoms with Crippen molar-refractivity contribution in [2.75, 3.05) is 0 Å². The monoisotopic (exact) mass is 592 g/mol. The van der Waals surface area contributed by atoms with E-state index < -0.39 is 13.9 Å². The van der Waals surface area contributed by atoms with Crippen LogP contribution in [-0.4, -0.2) is 38.4 Å². The summed E-state index contributed by atoms with van der Waals surface area (Å²) in [6, 6.07) is 9.30. The summed E-state index contributed by atoms with van der Waals surface area (Å²) in [5.74, 6) is 1.58. The van der Waals surface area contributed by atoms with Crippen molar-refractivity contribution in [2.24, 2.45) is 9.98 Å². The number of aliphatic imine (C=N–C) groups is 2. The maximum atomic E-state index is 7.11. The molecule has 0 aromatic heterocycles. The van der Waals surface area contributed by atoms with E-state index in [-0.39, 0.29) is 33.7 Å². The van der Waals surface area contributed by atoms with Gasteiger partial charge < -0.3 is 7.58 Å². The lowest BCUT2D eigenvalue weighted by atomic mass is 9.79. The summed E-state index contributed by atoms with van der Waals surface area (Å²) >= 11 is -2.73. The molecular formula is C35H50AlClN2O2. The molecule has 0 unspecified atom stereocenters. The molecule has 41 heavy (non-hydrogen) atoms. The van der Waals surface area contributed by atoms with Crippen molar-refractivity contribution in [1.82, 2.24) is 0 Å². The van der Waals surface area contributed by atoms with Gasteiger partial charge in [0.25, 0.3) is 0 Å². The van der Waals surface area contributed by atoms with Gasteiger partial charge in [-0.1, -0.05) is 95.2 Å². The van der Waals surface area contributed by atoms with E-state index in [1.165, 1.54) is 11.1 Å². The summed E-state index contributed by atoms with van der Waals surface area (Å²) in [5.41, 5.74) is 6.34. The lowest BCUT2D eigenvalue weighted by Crippen LogP contribution is -2.29. The van der Waals surface area contributed by atoms with Crippen LogP contribution in [0.15, 0.2) is 34.3 Å². The molecule has 4 nitrogen and oxygen atoms in total. The third kappa shape index (κ3) is 7.41. The number of hydrogen-bond acceptors (Lipinski definition) is 4. The predicted octanol–water partition coefficient (Wildman–Crippen LogP) is 9.33. The zero-order valence-electron chi connectivity index (χ0n) is 27.4. The first-order chi connectivity index (χ1) is 18.7. The molecule has 0 N–H and O–H groups in total. The Bertz CT molecular complexity index is 1230. The summed E-state index contributed by atoms with van der Waals surface area (Å²) in [6.07, 6.45) is 7.22. The van der Waals surface area contributed by atoms with Gasteiger partial charge in [0, 0.05) is 23.6 Å². The fraction of sp³-hybridized carbons (Fsp3) is 0.600. The Morgan fingerprint density at radius 1 is 0.610 bits per heavy atom. The maximum Gasteiger partial charge on any atom is 0.999 e. The molecule has 0 saturated heterocycles. The van der Waals surface area contributed by atoms with E-state index in [4.69, 9.17) is 27.6 Å². The smallest absolute Gasteiger partial charge is 0.599 e. The Hall–Kier alpha value is -1.80. The van der Waals surface area contributed by atoms with Crippen LogP contribution in [0.3, 0.4) is 0 Å². The van der Waals surface area contributed by atoms with Gasteiger partial charge in [-0.05, 0) is 75.3 Å². The van der Waals surface area contributed by atoms with Crippen molar-refractivity contribution >= 4 is 36.4 Å². The molecule has 0 spiro atoms.